The molecule has 1 rings (SSSR count). The zero-order valence-corrected chi connectivity index (χ0v) is 11.0. The van der Waals surface area contributed by atoms with Crippen molar-refractivity contribution in [1.29, 1.82) is 0 Å². The van der Waals surface area contributed by atoms with Crippen LogP contribution in [0.15, 0.2) is 17.7 Å². The van der Waals surface area contributed by atoms with Crippen LogP contribution in [-0.4, -0.2) is 10.3 Å². The highest BCUT2D eigenvalue weighted by Gasteiger charge is 2.09. The number of thiophene rings is 1. The molecule has 0 aliphatic heterocycles. The molecule has 3 nitrogen and oxygen atoms in total. The second-order valence-corrected chi connectivity index (χ2v) is 5.10. The molecule has 0 bridgehead atoms. The number of nitro groups is 1. The summed E-state index contributed by atoms with van der Waals surface area (Å²) in [5, 5.41) is 11.5. The lowest BCUT2D eigenvalue weighted by Gasteiger charge is -2.06. The van der Waals surface area contributed by atoms with Gasteiger partial charge < -0.3 is 0 Å². The summed E-state index contributed by atoms with van der Waals surface area (Å²) in [6.45, 7) is 4.21. The highest BCUT2D eigenvalue weighted by atomic mass is 79.9. The van der Waals surface area contributed by atoms with Crippen LogP contribution in [0.4, 0.5) is 5.00 Å². The Balaban J connectivity index is 2.92. The van der Waals surface area contributed by atoms with Crippen molar-refractivity contribution in [1.82, 2.24) is 0 Å². The Morgan fingerprint density at radius 3 is 2.73 bits per heavy atom. The van der Waals surface area contributed by atoms with Gasteiger partial charge in [0.1, 0.15) is 0 Å². The van der Waals surface area contributed by atoms with Crippen molar-refractivity contribution < 1.29 is 4.92 Å². The lowest BCUT2D eigenvalue weighted by atomic mass is 10.1. The number of allylic oxidation sites excluding steroid dienone is 1. The van der Waals surface area contributed by atoms with Gasteiger partial charge in [-0.1, -0.05) is 46.7 Å². The minimum atomic E-state index is -0.356. The molecule has 0 aromatic carbocycles. The van der Waals surface area contributed by atoms with Crippen LogP contribution in [0.25, 0.3) is 6.08 Å². The monoisotopic (exact) mass is 289 g/mol. The smallest absolute Gasteiger partial charge is 0.258 e. The number of rotatable bonds is 4. The number of alkyl halides is 1. The summed E-state index contributed by atoms with van der Waals surface area (Å²) in [5.41, 5.74) is 1.24. The van der Waals surface area contributed by atoms with Gasteiger partial charge in [0.15, 0.2) is 0 Å². The minimum Gasteiger partial charge on any atom is -0.258 e. The number of hydrogen-bond acceptors (Lipinski definition) is 3. The summed E-state index contributed by atoms with van der Waals surface area (Å²) in [6, 6.07) is 3.33. The first-order valence-corrected chi connectivity index (χ1v) is 6.49. The van der Waals surface area contributed by atoms with Crippen LogP contribution < -0.4 is 0 Å². The summed E-state index contributed by atoms with van der Waals surface area (Å²) in [4.78, 5) is 11.1. The van der Waals surface area contributed by atoms with Crippen LogP contribution in [0.1, 0.15) is 18.7 Å². The van der Waals surface area contributed by atoms with E-state index in [1.165, 1.54) is 16.9 Å². The maximum Gasteiger partial charge on any atom is 0.324 e. The van der Waals surface area contributed by atoms with E-state index in [1.807, 2.05) is 6.08 Å². The molecule has 0 radical (unpaired) electrons. The van der Waals surface area contributed by atoms with Crippen LogP contribution >= 0.6 is 27.3 Å². The molecule has 0 aliphatic carbocycles. The van der Waals surface area contributed by atoms with E-state index in [-0.39, 0.29) is 9.92 Å². The van der Waals surface area contributed by atoms with Crippen molar-refractivity contribution >= 4 is 38.3 Å². The third kappa shape index (κ3) is 3.43. The Labute approximate surface area is 101 Å². The van der Waals surface area contributed by atoms with E-state index in [1.54, 1.807) is 12.1 Å². The number of hydrogen-bond donors (Lipinski definition) is 0. The van der Waals surface area contributed by atoms with Gasteiger partial charge in [-0.15, -0.1) is 0 Å². The Kier molecular flexibility index (Phi) is 4.47. The molecule has 0 saturated heterocycles. The third-order valence-electron chi connectivity index (χ3n) is 2.02. The van der Waals surface area contributed by atoms with Gasteiger partial charge in [-0.05, 0) is 18.1 Å². The maximum atomic E-state index is 10.5. The molecular weight excluding hydrogens is 278 g/mol. The predicted molar refractivity (Wildman–Crippen MR) is 67.6 cm³/mol. The molecule has 0 N–H and O–H groups in total. The maximum absolute atomic E-state index is 10.5. The number of nitrogens with zero attached hydrogens (tertiary/aromatic N) is 1. The SMILES string of the molecule is CC(C)/C(=C/c1ccc([N+](=O)[O-])s1)CBr. The van der Waals surface area contributed by atoms with Crippen molar-refractivity contribution in [2.75, 3.05) is 5.33 Å². The zero-order valence-electron chi connectivity index (χ0n) is 8.57. The number of halogens is 1. The van der Waals surface area contributed by atoms with Crippen LogP contribution in [0.2, 0.25) is 0 Å². The molecule has 0 aliphatic rings. The summed E-state index contributed by atoms with van der Waals surface area (Å²) in [7, 11) is 0. The molecule has 1 aromatic rings. The van der Waals surface area contributed by atoms with Gasteiger partial charge in [-0.3, -0.25) is 10.1 Å². The molecule has 15 heavy (non-hydrogen) atoms. The van der Waals surface area contributed by atoms with Crippen LogP contribution in [0.5, 0.6) is 0 Å². The second kappa shape index (κ2) is 5.42. The van der Waals surface area contributed by atoms with Gasteiger partial charge in [0.05, 0.1) is 4.92 Å². The predicted octanol–water partition coefficient (Wildman–Crippen LogP) is 4.09. The van der Waals surface area contributed by atoms with E-state index in [4.69, 9.17) is 0 Å². The van der Waals surface area contributed by atoms with Gasteiger partial charge in [0, 0.05) is 16.3 Å². The molecule has 0 saturated carbocycles. The first kappa shape index (κ1) is 12.4. The van der Waals surface area contributed by atoms with Crippen LogP contribution in [0.3, 0.4) is 0 Å². The van der Waals surface area contributed by atoms with E-state index in [9.17, 15) is 10.1 Å². The second-order valence-electron chi connectivity index (χ2n) is 3.44. The van der Waals surface area contributed by atoms with Gasteiger partial charge in [-0.25, -0.2) is 0 Å². The van der Waals surface area contributed by atoms with Crippen molar-refractivity contribution in [3.8, 4) is 0 Å². The Hall–Kier alpha value is -0.680. The first-order valence-electron chi connectivity index (χ1n) is 4.55. The fourth-order valence-corrected chi connectivity index (χ4v) is 2.67. The normalized spacial score (nSPS) is 12.1. The summed E-state index contributed by atoms with van der Waals surface area (Å²) in [6.07, 6.45) is 2.01. The van der Waals surface area contributed by atoms with Gasteiger partial charge in [0.25, 0.3) is 0 Å². The molecule has 0 atom stereocenters. The molecule has 0 spiro atoms. The summed E-state index contributed by atoms with van der Waals surface area (Å²) < 4.78 is 0. The highest BCUT2D eigenvalue weighted by Crippen LogP contribution is 2.27. The van der Waals surface area contributed by atoms with E-state index in [0.717, 1.165) is 10.2 Å². The summed E-state index contributed by atoms with van der Waals surface area (Å²) >= 11 is 4.62. The van der Waals surface area contributed by atoms with Crippen molar-refractivity contribution in [2.45, 2.75) is 13.8 Å². The summed E-state index contributed by atoms with van der Waals surface area (Å²) in [5.74, 6) is 0.450. The molecule has 82 valence electrons. The molecule has 5 heteroatoms. The average Bonchev–Trinajstić information content (AvgIpc) is 2.61. The quantitative estimate of drug-likeness (QED) is 0.476. The largest absolute Gasteiger partial charge is 0.324 e. The lowest BCUT2D eigenvalue weighted by molar-refractivity contribution is -0.380. The highest BCUT2D eigenvalue weighted by molar-refractivity contribution is 9.09. The molecule has 1 aromatic heterocycles. The Morgan fingerprint density at radius 1 is 1.67 bits per heavy atom. The van der Waals surface area contributed by atoms with Crippen molar-refractivity contribution in [3.63, 3.8) is 0 Å². The average molecular weight is 290 g/mol. The van der Waals surface area contributed by atoms with Gasteiger partial charge in [-0.2, -0.15) is 0 Å². The van der Waals surface area contributed by atoms with E-state index >= 15 is 0 Å². The van der Waals surface area contributed by atoms with Crippen molar-refractivity contribution in [2.24, 2.45) is 5.92 Å². The Bertz CT molecular complexity index is 385. The molecule has 0 unspecified atom stereocenters. The molecule has 0 amide bonds. The molecular formula is C10H12BrNO2S. The minimum absolute atomic E-state index is 0.193. The van der Waals surface area contributed by atoms with E-state index < -0.39 is 0 Å². The first-order chi connectivity index (χ1) is 7.04. The Morgan fingerprint density at radius 2 is 2.33 bits per heavy atom. The van der Waals surface area contributed by atoms with Crippen LogP contribution in [0, 0.1) is 16.0 Å². The third-order valence-corrected chi connectivity index (χ3v) is 3.65. The fraction of sp³-hybridized carbons (Fsp3) is 0.400. The molecule has 0 fully saturated rings. The fourth-order valence-electron chi connectivity index (χ4n) is 1.06. The van der Waals surface area contributed by atoms with Crippen LogP contribution in [-0.2, 0) is 0 Å². The topological polar surface area (TPSA) is 43.1 Å². The standard InChI is InChI=1S/C10H12BrNO2S/c1-7(2)8(6-11)5-9-3-4-10(15-9)12(13)14/h3-5,7H,6H2,1-2H3/b8-5+. The lowest BCUT2D eigenvalue weighted by Crippen LogP contribution is -1.93. The van der Waals surface area contributed by atoms with Crippen molar-refractivity contribution in [3.05, 3.63) is 32.7 Å². The van der Waals surface area contributed by atoms with Gasteiger partial charge in [0.2, 0.25) is 0 Å². The van der Waals surface area contributed by atoms with Gasteiger partial charge >= 0.3 is 5.00 Å². The van der Waals surface area contributed by atoms with E-state index in [2.05, 4.69) is 29.8 Å². The molecule has 1 heterocycles. The van der Waals surface area contributed by atoms with E-state index in [0.29, 0.717) is 5.92 Å². The zero-order chi connectivity index (χ0) is 11.4.